The highest BCUT2D eigenvalue weighted by atomic mass is 32.2. The number of carboxylic acids is 1. The molecular formula is C7H16N2O6S2. The minimum Gasteiger partial charge on any atom is -0.480 e. The molecule has 0 aromatic carbocycles. The standard InChI is InChI=1S/C5H9NO3S.C2H7NO3S/c1-3(7)6-4(2-10)5(8)9;3-1-2-7(4,5)6/h4,10H,2H2,1H3,(H,6,7)(H,8,9);1-3H2,(H,4,5,6). The summed E-state index contributed by atoms with van der Waals surface area (Å²) in [4.78, 5) is 20.5. The Morgan fingerprint density at radius 3 is 2.00 bits per heavy atom. The van der Waals surface area contributed by atoms with Crippen LogP contribution in [0.25, 0.3) is 0 Å². The highest BCUT2D eigenvalue weighted by Crippen LogP contribution is 1.86. The van der Waals surface area contributed by atoms with E-state index in [-0.39, 0.29) is 24.0 Å². The molecule has 0 bridgehead atoms. The largest absolute Gasteiger partial charge is 0.480 e. The van der Waals surface area contributed by atoms with Gasteiger partial charge in [-0.3, -0.25) is 9.35 Å². The highest BCUT2D eigenvalue weighted by molar-refractivity contribution is 7.85. The molecule has 5 N–H and O–H groups in total. The smallest absolute Gasteiger partial charge is 0.327 e. The topological polar surface area (TPSA) is 147 Å². The SMILES string of the molecule is CC(=O)NC(CS)C(=O)O.NCCS(=O)(=O)O. The summed E-state index contributed by atoms with van der Waals surface area (Å²) in [6, 6.07) is -0.874. The molecule has 17 heavy (non-hydrogen) atoms. The quantitative estimate of drug-likeness (QED) is 0.300. The van der Waals surface area contributed by atoms with Crippen molar-refractivity contribution < 1.29 is 27.7 Å². The Kier molecular flexibility index (Phi) is 10.0. The predicted octanol–water partition coefficient (Wildman–Crippen LogP) is -1.66. The van der Waals surface area contributed by atoms with E-state index >= 15 is 0 Å². The maximum atomic E-state index is 10.3. The second-order valence-electron chi connectivity index (χ2n) is 2.85. The average Bonchev–Trinajstić information content (AvgIpc) is 2.12. The van der Waals surface area contributed by atoms with Crippen LogP contribution in [0, 0.1) is 0 Å². The van der Waals surface area contributed by atoms with E-state index in [4.69, 9.17) is 15.4 Å². The number of nitrogens with two attached hydrogens (primary N) is 1. The van der Waals surface area contributed by atoms with Crippen LogP contribution in [0.2, 0.25) is 0 Å². The number of carboxylic acid groups (broad SMARTS) is 1. The number of carbonyl (C=O) groups excluding carboxylic acids is 1. The summed E-state index contributed by atoms with van der Waals surface area (Å²) in [6.07, 6.45) is 0. The number of carbonyl (C=O) groups is 2. The molecule has 0 aliphatic heterocycles. The Morgan fingerprint density at radius 2 is 1.94 bits per heavy atom. The van der Waals surface area contributed by atoms with Crippen molar-refractivity contribution in [2.45, 2.75) is 13.0 Å². The first-order valence-electron chi connectivity index (χ1n) is 4.40. The Morgan fingerprint density at radius 1 is 1.47 bits per heavy atom. The normalized spacial score (nSPS) is 12.0. The minimum absolute atomic E-state index is 0.0289. The molecule has 0 aliphatic rings. The summed E-state index contributed by atoms with van der Waals surface area (Å²) >= 11 is 3.73. The molecule has 10 heteroatoms. The van der Waals surface area contributed by atoms with Crippen molar-refractivity contribution in [3.05, 3.63) is 0 Å². The van der Waals surface area contributed by atoms with Crippen LogP contribution in [-0.2, 0) is 19.7 Å². The third-order valence-electron chi connectivity index (χ3n) is 1.23. The molecule has 0 aromatic heterocycles. The van der Waals surface area contributed by atoms with Gasteiger partial charge in [0.1, 0.15) is 6.04 Å². The third-order valence-corrected chi connectivity index (χ3v) is 2.35. The van der Waals surface area contributed by atoms with Crippen LogP contribution in [-0.4, -0.2) is 54.0 Å². The summed E-state index contributed by atoms with van der Waals surface area (Å²) in [5.74, 6) is -1.67. The van der Waals surface area contributed by atoms with Gasteiger partial charge in [0.15, 0.2) is 0 Å². The third kappa shape index (κ3) is 15.2. The van der Waals surface area contributed by atoms with Gasteiger partial charge in [0, 0.05) is 19.2 Å². The van der Waals surface area contributed by atoms with Gasteiger partial charge >= 0.3 is 5.97 Å². The highest BCUT2D eigenvalue weighted by Gasteiger charge is 2.15. The van der Waals surface area contributed by atoms with Crippen LogP contribution in [0.3, 0.4) is 0 Å². The summed E-state index contributed by atoms with van der Waals surface area (Å²) in [6.45, 7) is 1.23. The van der Waals surface area contributed by atoms with Gasteiger partial charge in [0.25, 0.3) is 10.1 Å². The first kappa shape index (κ1) is 18.5. The molecule has 8 nitrogen and oxygen atoms in total. The zero-order valence-electron chi connectivity index (χ0n) is 9.16. The first-order chi connectivity index (χ1) is 7.64. The van der Waals surface area contributed by atoms with Gasteiger partial charge in [0.05, 0.1) is 5.75 Å². The second kappa shape index (κ2) is 9.22. The van der Waals surface area contributed by atoms with Crippen LogP contribution in [0.1, 0.15) is 6.92 Å². The Bertz CT molecular complexity index is 342. The van der Waals surface area contributed by atoms with Crippen molar-refractivity contribution in [3.63, 3.8) is 0 Å². The lowest BCUT2D eigenvalue weighted by Crippen LogP contribution is -2.40. The zero-order chi connectivity index (χ0) is 14.1. The molecule has 0 saturated carbocycles. The monoisotopic (exact) mass is 288 g/mol. The van der Waals surface area contributed by atoms with Crippen molar-refractivity contribution in [1.82, 2.24) is 5.32 Å². The lowest BCUT2D eigenvalue weighted by atomic mass is 10.3. The van der Waals surface area contributed by atoms with Gasteiger partial charge in [-0.2, -0.15) is 21.0 Å². The fraction of sp³-hybridized carbons (Fsp3) is 0.714. The van der Waals surface area contributed by atoms with Gasteiger partial charge in [-0.15, -0.1) is 0 Å². The van der Waals surface area contributed by atoms with Crippen LogP contribution < -0.4 is 11.1 Å². The van der Waals surface area contributed by atoms with E-state index in [0.29, 0.717) is 0 Å². The van der Waals surface area contributed by atoms with Gasteiger partial charge < -0.3 is 16.2 Å². The van der Waals surface area contributed by atoms with Crippen molar-refractivity contribution in [2.24, 2.45) is 5.73 Å². The first-order valence-corrected chi connectivity index (χ1v) is 6.64. The summed E-state index contributed by atoms with van der Waals surface area (Å²) < 4.78 is 27.3. The van der Waals surface area contributed by atoms with E-state index in [0.717, 1.165) is 0 Å². The maximum Gasteiger partial charge on any atom is 0.327 e. The fourth-order valence-corrected chi connectivity index (χ4v) is 1.13. The van der Waals surface area contributed by atoms with Gasteiger partial charge in [-0.1, -0.05) is 0 Å². The van der Waals surface area contributed by atoms with Crippen molar-refractivity contribution in [3.8, 4) is 0 Å². The Hall–Kier alpha value is -0.840. The molecule has 0 aromatic rings. The minimum atomic E-state index is -3.80. The molecule has 1 atom stereocenters. The number of thiol groups is 1. The number of hydrogen-bond donors (Lipinski definition) is 5. The van der Waals surface area contributed by atoms with Crippen LogP contribution in [0.15, 0.2) is 0 Å². The summed E-state index contributed by atoms with van der Waals surface area (Å²) in [5.41, 5.74) is 4.78. The molecule has 0 aliphatic carbocycles. The van der Waals surface area contributed by atoms with E-state index < -0.39 is 22.1 Å². The van der Waals surface area contributed by atoms with Gasteiger partial charge in [-0.05, 0) is 0 Å². The van der Waals surface area contributed by atoms with Crippen molar-refractivity contribution in [2.75, 3.05) is 18.1 Å². The number of aliphatic carboxylic acids is 1. The van der Waals surface area contributed by atoms with Gasteiger partial charge in [-0.25, -0.2) is 4.79 Å². The number of rotatable bonds is 5. The maximum absolute atomic E-state index is 10.3. The van der Waals surface area contributed by atoms with E-state index in [1.807, 2.05) is 0 Å². The van der Waals surface area contributed by atoms with Crippen molar-refractivity contribution >= 4 is 34.6 Å². The lowest BCUT2D eigenvalue weighted by Gasteiger charge is -2.08. The molecule has 0 heterocycles. The van der Waals surface area contributed by atoms with E-state index in [2.05, 4.69) is 17.9 Å². The van der Waals surface area contributed by atoms with E-state index in [1.165, 1.54) is 6.92 Å². The molecule has 0 radical (unpaired) electrons. The number of nitrogens with one attached hydrogen (secondary N) is 1. The van der Waals surface area contributed by atoms with Gasteiger partial charge in [0.2, 0.25) is 5.91 Å². The molecule has 0 rings (SSSR count). The molecular weight excluding hydrogens is 272 g/mol. The summed E-state index contributed by atoms with van der Waals surface area (Å²) in [5, 5.41) is 10.6. The van der Waals surface area contributed by atoms with Crippen LogP contribution in [0.4, 0.5) is 0 Å². The molecule has 0 spiro atoms. The Balaban J connectivity index is 0. The number of amides is 1. The van der Waals surface area contributed by atoms with Crippen molar-refractivity contribution in [1.29, 1.82) is 0 Å². The predicted molar refractivity (Wildman–Crippen MR) is 64.6 cm³/mol. The number of hydrogen-bond acceptors (Lipinski definition) is 6. The lowest BCUT2D eigenvalue weighted by molar-refractivity contribution is -0.140. The average molecular weight is 288 g/mol. The molecule has 1 unspecified atom stereocenters. The van der Waals surface area contributed by atoms with E-state index in [9.17, 15) is 18.0 Å². The molecule has 1 amide bonds. The molecule has 102 valence electrons. The van der Waals surface area contributed by atoms with Crippen LogP contribution in [0.5, 0.6) is 0 Å². The van der Waals surface area contributed by atoms with E-state index in [1.54, 1.807) is 0 Å². The zero-order valence-corrected chi connectivity index (χ0v) is 10.9. The van der Waals surface area contributed by atoms with Crippen LogP contribution >= 0.6 is 12.6 Å². The fourth-order valence-electron chi connectivity index (χ4n) is 0.580. The molecule has 0 fully saturated rings. The molecule has 0 saturated heterocycles. The Labute approximate surface area is 105 Å². The second-order valence-corrected chi connectivity index (χ2v) is 4.79. The summed E-state index contributed by atoms with van der Waals surface area (Å²) in [7, 11) is -3.80.